The van der Waals surface area contributed by atoms with E-state index in [2.05, 4.69) is 0 Å². The highest BCUT2D eigenvalue weighted by Crippen LogP contribution is 2.15. The van der Waals surface area contributed by atoms with Crippen LogP contribution < -0.4 is 5.32 Å². The summed E-state index contributed by atoms with van der Waals surface area (Å²) in [4.78, 5) is 20.7. The Labute approximate surface area is 78.1 Å². The second kappa shape index (κ2) is 4.83. The maximum absolute atomic E-state index is 11.7. The molecule has 0 aliphatic heterocycles. The van der Waals surface area contributed by atoms with E-state index in [-0.39, 0.29) is 6.42 Å². The molecule has 0 heterocycles. The van der Waals surface area contributed by atoms with Gasteiger partial charge >= 0.3 is 18.1 Å². The average Bonchev–Trinajstić information content (AvgIpc) is 2.01. The SMILES string of the molecule is CCC[C@@H](NC(=O)C(F)(F)F)C(=O)O. The summed E-state index contributed by atoms with van der Waals surface area (Å²) in [5.74, 6) is -3.69. The monoisotopic (exact) mass is 213 g/mol. The highest BCUT2D eigenvalue weighted by atomic mass is 19.4. The van der Waals surface area contributed by atoms with Gasteiger partial charge < -0.3 is 10.4 Å². The van der Waals surface area contributed by atoms with E-state index < -0.39 is 24.1 Å². The summed E-state index contributed by atoms with van der Waals surface area (Å²) in [6, 6.07) is -1.48. The van der Waals surface area contributed by atoms with Gasteiger partial charge in [-0.05, 0) is 6.42 Å². The molecular formula is C7H10F3NO3. The Morgan fingerprint density at radius 2 is 1.93 bits per heavy atom. The minimum absolute atomic E-state index is 0.0306. The van der Waals surface area contributed by atoms with E-state index >= 15 is 0 Å². The number of hydrogen-bond donors (Lipinski definition) is 2. The molecule has 2 N–H and O–H groups in total. The van der Waals surface area contributed by atoms with Gasteiger partial charge in [0.2, 0.25) is 0 Å². The van der Waals surface area contributed by atoms with Gasteiger partial charge in [-0.25, -0.2) is 4.79 Å². The number of nitrogens with one attached hydrogen (secondary N) is 1. The number of halogens is 3. The molecule has 0 radical (unpaired) electrons. The zero-order valence-electron chi connectivity index (χ0n) is 7.39. The molecular weight excluding hydrogens is 203 g/mol. The molecule has 0 fully saturated rings. The summed E-state index contributed by atoms with van der Waals surface area (Å²) in [6.45, 7) is 1.61. The number of carbonyl (C=O) groups excluding carboxylic acids is 1. The lowest BCUT2D eigenvalue weighted by Gasteiger charge is -2.14. The number of carbonyl (C=O) groups is 2. The first kappa shape index (κ1) is 12.7. The molecule has 0 aromatic carbocycles. The predicted octanol–water partition coefficient (Wildman–Crippen LogP) is 0.918. The van der Waals surface area contributed by atoms with Crippen molar-refractivity contribution in [2.24, 2.45) is 0 Å². The lowest BCUT2D eigenvalue weighted by Crippen LogP contribution is -2.46. The van der Waals surface area contributed by atoms with Crippen LogP contribution in [0.5, 0.6) is 0 Å². The molecule has 0 saturated carbocycles. The van der Waals surface area contributed by atoms with Crippen molar-refractivity contribution in [1.29, 1.82) is 0 Å². The molecule has 4 nitrogen and oxygen atoms in total. The number of carboxylic acids is 1. The molecule has 0 spiro atoms. The Bertz CT molecular complexity index is 227. The zero-order chi connectivity index (χ0) is 11.4. The fraction of sp³-hybridized carbons (Fsp3) is 0.714. The molecule has 7 heteroatoms. The summed E-state index contributed by atoms with van der Waals surface area (Å²) in [7, 11) is 0. The van der Waals surface area contributed by atoms with Gasteiger partial charge in [-0.2, -0.15) is 13.2 Å². The van der Waals surface area contributed by atoms with Crippen molar-refractivity contribution >= 4 is 11.9 Å². The highest BCUT2D eigenvalue weighted by molar-refractivity contribution is 5.86. The van der Waals surface area contributed by atoms with Gasteiger partial charge in [0.05, 0.1) is 0 Å². The Kier molecular flexibility index (Phi) is 4.39. The topological polar surface area (TPSA) is 66.4 Å². The molecule has 0 unspecified atom stereocenters. The van der Waals surface area contributed by atoms with E-state index in [9.17, 15) is 22.8 Å². The van der Waals surface area contributed by atoms with Crippen molar-refractivity contribution in [2.75, 3.05) is 0 Å². The third kappa shape index (κ3) is 4.11. The van der Waals surface area contributed by atoms with Crippen LogP contribution in [0, 0.1) is 0 Å². The number of rotatable bonds is 4. The van der Waals surface area contributed by atoms with Gasteiger partial charge in [-0.1, -0.05) is 13.3 Å². The Hall–Kier alpha value is -1.27. The number of carboxylic acid groups (broad SMARTS) is 1. The first-order valence-corrected chi connectivity index (χ1v) is 3.89. The minimum atomic E-state index is -5.04. The summed E-state index contributed by atoms with van der Waals surface area (Å²) in [5.41, 5.74) is 0. The van der Waals surface area contributed by atoms with E-state index in [1.165, 1.54) is 5.32 Å². The van der Waals surface area contributed by atoms with Crippen molar-refractivity contribution in [2.45, 2.75) is 32.0 Å². The summed E-state index contributed by atoms with van der Waals surface area (Å²) >= 11 is 0. The van der Waals surface area contributed by atoms with E-state index in [0.29, 0.717) is 6.42 Å². The predicted molar refractivity (Wildman–Crippen MR) is 40.5 cm³/mol. The standard InChI is InChI=1S/C7H10F3NO3/c1-2-3-4(5(12)13)11-6(14)7(8,9)10/h4H,2-3H2,1H3,(H,11,14)(H,12,13)/t4-/m1/s1. The Morgan fingerprint density at radius 1 is 1.43 bits per heavy atom. The van der Waals surface area contributed by atoms with Crippen LogP contribution in [0.1, 0.15) is 19.8 Å². The molecule has 0 aliphatic carbocycles. The van der Waals surface area contributed by atoms with Crippen LogP contribution in [-0.2, 0) is 9.59 Å². The van der Waals surface area contributed by atoms with Crippen LogP contribution in [0.15, 0.2) is 0 Å². The molecule has 0 aromatic heterocycles. The molecule has 0 aromatic rings. The van der Waals surface area contributed by atoms with Gasteiger partial charge in [0.15, 0.2) is 0 Å². The first-order chi connectivity index (χ1) is 6.29. The second-order valence-electron chi connectivity index (χ2n) is 2.65. The summed E-state index contributed by atoms with van der Waals surface area (Å²) in [5, 5.41) is 9.83. The largest absolute Gasteiger partial charge is 0.480 e. The molecule has 0 saturated heterocycles. The quantitative estimate of drug-likeness (QED) is 0.729. The number of alkyl halides is 3. The summed E-state index contributed by atoms with van der Waals surface area (Å²) in [6.07, 6.45) is -4.70. The lowest BCUT2D eigenvalue weighted by atomic mass is 10.1. The maximum Gasteiger partial charge on any atom is 0.471 e. The van der Waals surface area contributed by atoms with Crippen LogP contribution in [0.25, 0.3) is 0 Å². The van der Waals surface area contributed by atoms with Crippen LogP contribution in [-0.4, -0.2) is 29.2 Å². The van der Waals surface area contributed by atoms with Crippen molar-refractivity contribution in [3.8, 4) is 0 Å². The van der Waals surface area contributed by atoms with Crippen LogP contribution in [0.2, 0.25) is 0 Å². The minimum Gasteiger partial charge on any atom is -0.480 e. The number of amides is 1. The van der Waals surface area contributed by atoms with Crippen molar-refractivity contribution in [1.82, 2.24) is 5.32 Å². The van der Waals surface area contributed by atoms with Gasteiger partial charge in [0.1, 0.15) is 6.04 Å². The molecule has 82 valence electrons. The van der Waals surface area contributed by atoms with E-state index in [4.69, 9.17) is 5.11 Å². The average molecular weight is 213 g/mol. The van der Waals surface area contributed by atoms with Crippen LogP contribution >= 0.6 is 0 Å². The Balaban J connectivity index is 4.31. The zero-order valence-corrected chi connectivity index (χ0v) is 7.39. The normalized spacial score (nSPS) is 13.4. The molecule has 1 amide bonds. The van der Waals surface area contributed by atoms with Crippen LogP contribution in [0.3, 0.4) is 0 Å². The van der Waals surface area contributed by atoms with Crippen LogP contribution in [0.4, 0.5) is 13.2 Å². The summed E-state index contributed by atoms with van der Waals surface area (Å²) < 4.78 is 35.1. The molecule has 0 bridgehead atoms. The number of hydrogen-bond acceptors (Lipinski definition) is 2. The van der Waals surface area contributed by atoms with Crippen molar-refractivity contribution < 1.29 is 27.9 Å². The third-order valence-electron chi connectivity index (χ3n) is 1.44. The first-order valence-electron chi connectivity index (χ1n) is 3.89. The third-order valence-corrected chi connectivity index (χ3v) is 1.44. The second-order valence-corrected chi connectivity index (χ2v) is 2.65. The van der Waals surface area contributed by atoms with Gasteiger partial charge in [0, 0.05) is 0 Å². The van der Waals surface area contributed by atoms with Gasteiger partial charge in [-0.3, -0.25) is 4.79 Å². The lowest BCUT2D eigenvalue weighted by molar-refractivity contribution is -0.175. The van der Waals surface area contributed by atoms with Crippen molar-refractivity contribution in [3.05, 3.63) is 0 Å². The van der Waals surface area contributed by atoms with Gasteiger partial charge in [0.25, 0.3) is 0 Å². The van der Waals surface area contributed by atoms with Gasteiger partial charge in [-0.15, -0.1) is 0 Å². The highest BCUT2D eigenvalue weighted by Gasteiger charge is 2.40. The Morgan fingerprint density at radius 3 is 2.21 bits per heavy atom. The van der Waals surface area contributed by atoms with Crippen molar-refractivity contribution in [3.63, 3.8) is 0 Å². The molecule has 0 aliphatic rings. The molecule has 1 atom stereocenters. The molecule has 0 rings (SSSR count). The fourth-order valence-corrected chi connectivity index (χ4v) is 0.786. The smallest absolute Gasteiger partial charge is 0.471 e. The van der Waals surface area contributed by atoms with E-state index in [1.54, 1.807) is 6.92 Å². The van der Waals surface area contributed by atoms with E-state index in [0.717, 1.165) is 0 Å². The molecule has 14 heavy (non-hydrogen) atoms. The number of aliphatic carboxylic acids is 1. The fourth-order valence-electron chi connectivity index (χ4n) is 0.786. The maximum atomic E-state index is 11.7. The van der Waals surface area contributed by atoms with E-state index in [1.807, 2.05) is 0 Å².